The predicted molar refractivity (Wildman–Crippen MR) is 77.0 cm³/mol. The van der Waals surface area contributed by atoms with E-state index in [2.05, 4.69) is 37.3 Å². The number of aromatic nitrogens is 2. The van der Waals surface area contributed by atoms with Gasteiger partial charge in [-0.2, -0.15) is 5.10 Å². The fourth-order valence-electron chi connectivity index (χ4n) is 2.38. The largest absolute Gasteiger partial charge is 0.459 e. The number of hydrogen-bond acceptors (Lipinski definition) is 3. The number of furan rings is 1. The summed E-state index contributed by atoms with van der Waals surface area (Å²) in [6, 6.07) is 4.41. The summed E-state index contributed by atoms with van der Waals surface area (Å²) in [6.07, 6.45) is 3.96. The van der Waals surface area contributed by atoms with Gasteiger partial charge in [-0.1, -0.05) is 20.8 Å². The Morgan fingerprint density at radius 2 is 2.11 bits per heavy atom. The zero-order chi connectivity index (χ0) is 13.8. The summed E-state index contributed by atoms with van der Waals surface area (Å²) in [5.74, 6) is 1.92. The van der Waals surface area contributed by atoms with E-state index < -0.39 is 0 Å². The molecule has 0 amide bonds. The second-order valence-electron chi connectivity index (χ2n) is 4.74. The lowest BCUT2D eigenvalue weighted by molar-refractivity contribution is 0.417. The van der Waals surface area contributed by atoms with Gasteiger partial charge < -0.3 is 9.73 Å². The van der Waals surface area contributed by atoms with Gasteiger partial charge in [0.2, 0.25) is 0 Å². The molecule has 4 nitrogen and oxygen atoms in total. The van der Waals surface area contributed by atoms with Gasteiger partial charge in [0.25, 0.3) is 0 Å². The van der Waals surface area contributed by atoms with Crippen LogP contribution in [0.4, 0.5) is 0 Å². The third-order valence-electron chi connectivity index (χ3n) is 3.33. The summed E-state index contributed by atoms with van der Waals surface area (Å²) in [7, 11) is 1.94. The zero-order valence-electron chi connectivity index (χ0n) is 12.2. The van der Waals surface area contributed by atoms with Crippen LogP contribution in [0.2, 0.25) is 0 Å². The van der Waals surface area contributed by atoms with Gasteiger partial charge in [-0.05, 0) is 31.5 Å². The fraction of sp³-hybridized carbons (Fsp3) is 0.533. The molecule has 0 aliphatic carbocycles. The lowest BCUT2D eigenvalue weighted by Gasteiger charge is -2.12. The third kappa shape index (κ3) is 2.89. The Morgan fingerprint density at radius 1 is 1.32 bits per heavy atom. The maximum absolute atomic E-state index is 6.02. The first kappa shape index (κ1) is 13.9. The third-order valence-corrected chi connectivity index (χ3v) is 3.33. The van der Waals surface area contributed by atoms with Crippen molar-refractivity contribution < 1.29 is 4.42 Å². The van der Waals surface area contributed by atoms with E-state index in [1.54, 1.807) is 0 Å². The van der Waals surface area contributed by atoms with Crippen LogP contribution in [0.25, 0.3) is 11.3 Å². The minimum Gasteiger partial charge on any atom is -0.459 e. The zero-order valence-corrected chi connectivity index (χ0v) is 12.2. The van der Waals surface area contributed by atoms with Crippen molar-refractivity contribution in [1.82, 2.24) is 15.1 Å². The van der Waals surface area contributed by atoms with Crippen molar-refractivity contribution in [2.45, 2.75) is 39.7 Å². The van der Waals surface area contributed by atoms with Crippen molar-refractivity contribution in [1.29, 1.82) is 0 Å². The molecule has 104 valence electrons. The van der Waals surface area contributed by atoms with Crippen LogP contribution >= 0.6 is 0 Å². The van der Waals surface area contributed by atoms with Crippen LogP contribution in [0.3, 0.4) is 0 Å². The quantitative estimate of drug-likeness (QED) is 0.867. The van der Waals surface area contributed by atoms with Crippen LogP contribution in [0.15, 0.2) is 22.7 Å². The van der Waals surface area contributed by atoms with Gasteiger partial charge in [-0.25, -0.2) is 0 Å². The maximum atomic E-state index is 6.02. The van der Waals surface area contributed by atoms with Crippen LogP contribution in [0.5, 0.6) is 0 Å². The second kappa shape index (κ2) is 6.06. The summed E-state index contributed by atoms with van der Waals surface area (Å²) in [5.41, 5.74) is 2.18. The molecule has 1 atom stereocenters. The van der Waals surface area contributed by atoms with Gasteiger partial charge >= 0.3 is 0 Å². The van der Waals surface area contributed by atoms with Crippen molar-refractivity contribution in [3.05, 3.63) is 29.8 Å². The molecule has 4 heteroatoms. The Kier molecular flexibility index (Phi) is 4.43. The minimum atomic E-state index is 0.292. The van der Waals surface area contributed by atoms with Crippen molar-refractivity contribution >= 4 is 0 Å². The number of nitrogens with one attached hydrogen (secondary N) is 1. The van der Waals surface area contributed by atoms with E-state index in [9.17, 15) is 0 Å². The van der Waals surface area contributed by atoms with E-state index in [1.165, 1.54) is 0 Å². The van der Waals surface area contributed by atoms with E-state index in [1.807, 2.05) is 24.0 Å². The number of nitrogens with zero attached hydrogens (tertiary/aromatic N) is 2. The smallest absolute Gasteiger partial charge is 0.137 e. The summed E-state index contributed by atoms with van der Waals surface area (Å²) in [4.78, 5) is 0. The van der Waals surface area contributed by atoms with E-state index in [0.29, 0.717) is 6.04 Å². The summed E-state index contributed by atoms with van der Waals surface area (Å²) in [6.45, 7) is 7.34. The second-order valence-corrected chi connectivity index (χ2v) is 4.74. The Morgan fingerprint density at radius 3 is 2.74 bits per heavy atom. The van der Waals surface area contributed by atoms with E-state index in [0.717, 1.165) is 42.2 Å². The van der Waals surface area contributed by atoms with Crippen LogP contribution in [-0.2, 0) is 13.5 Å². The first-order valence-electron chi connectivity index (χ1n) is 7.05. The van der Waals surface area contributed by atoms with Crippen LogP contribution in [-0.4, -0.2) is 16.3 Å². The summed E-state index contributed by atoms with van der Waals surface area (Å²) in [5, 5.41) is 7.89. The van der Waals surface area contributed by atoms with Crippen molar-refractivity contribution in [2.24, 2.45) is 7.05 Å². The highest BCUT2D eigenvalue weighted by Gasteiger charge is 2.16. The van der Waals surface area contributed by atoms with E-state index >= 15 is 0 Å². The molecule has 2 rings (SSSR count). The topological polar surface area (TPSA) is 43.0 Å². The Hall–Kier alpha value is -1.55. The Labute approximate surface area is 114 Å². The molecule has 0 bridgehead atoms. The highest BCUT2D eigenvalue weighted by atomic mass is 16.3. The molecule has 2 aromatic heterocycles. The first-order chi connectivity index (χ1) is 9.19. The molecule has 0 saturated heterocycles. The molecule has 0 aliphatic rings. The molecule has 19 heavy (non-hydrogen) atoms. The predicted octanol–water partition coefficient (Wildman–Crippen LogP) is 3.30. The van der Waals surface area contributed by atoms with Crippen LogP contribution < -0.4 is 5.32 Å². The lowest BCUT2D eigenvalue weighted by Crippen LogP contribution is -2.19. The lowest BCUT2D eigenvalue weighted by atomic mass is 10.1. The number of hydrogen-bond donors (Lipinski definition) is 1. The van der Waals surface area contributed by atoms with Gasteiger partial charge in [0.1, 0.15) is 11.5 Å². The van der Waals surface area contributed by atoms with Crippen molar-refractivity contribution in [3.63, 3.8) is 0 Å². The van der Waals surface area contributed by atoms with Crippen LogP contribution in [0.1, 0.15) is 44.7 Å². The molecule has 0 spiro atoms. The monoisotopic (exact) mass is 261 g/mol. The van der Waals surface area contributed by atoms with E-state index in [4.69, 9.17) is 4.42 Å². The molecule has 0 radical (unpaired) electrons. The van der Waals surface area contributed by atoms with Gasteiger partial charge in [0, 0.05) is 13.2 Å². The molecule has 1 unspecified atom stereocenters. The molecule has 2 heterocycles. The first-order valence-corrected chi connectivity index (χ1v) is 7.05. The normalized spacial score (nSPS) is 12.8. The molecule has 0 aliphatic heterocycles. The van der Waals surface area contributed by atoms with Gasteiger partial charge in [-0.15, -0.1) is 0 Å². The molecule has 2 aromatic rings. The maximum Gasteiger partial charge on any atom is 0.137 e. The standard InChI is InChI=1S/C15H23N3O/c1-5-12-11(10-18(4)17-12)14-8-9-15(19-14)13(6-2)16-7-3/h8-10,13,16H,5-7H2,1-4H3. The molecular weight excluding hydrogens is 238 g/mol. The van der Waals surface area contributed by atoms with Crippen molar-refractivity contribution in [3.8, 4) is 11.3 Å². The molecule has 1 N–H and O–H groups in total. The molecule has 0 aromatic carbocycles. The van der Waals surface area contributed by atoms with Gasteiger partial charge in [0.15, 0.2) is 0 Å². The van der Waals surface area contributed by atoms with Crippen LogP contribution in [0, 0.1) is 0 Å². The average Bonchev–Trinajstić information content (AvgIpc) is 3.01. The van der Waals surface area contributed by atoms with Crippen molar-refractivity contribution in [2.75, 3.05) is 6.54 Å². The molecule has 0 saturated carbocycles. The fourth-order valence-corrected chi connectivity index (χ4v) is 2.38. The average molecular weight is 261 g/mol. The number of rotatable bonds is 6. The minimum absolute atomic E-state index is 0.292. The molecular formula is C15H23N3O. The summed E-state index contributed by atoms with van der Waals surface area (Å²) < 4.78 is 7.86. The van der Waals surface area contributed by atoms with Gasteiger partial charge in [0.05, 0.1) is 17.3 Å². The Balaban J connectivity index is 2.29. The van der Waals surface area contributed by atoms with Gasteiger partial charge in [-0.3, -0.25) is 4.68 Å². The highest BCUT2D eigenvalue weighted by Crippen LogP contribution is 2.28. The van der Waals surface area contributed by atoms with E-state index in [-0.39, 0.29) is 0 Å². The SMILES string of the molecule is CCNC(CC)c1ccc(-c2cn(C)nc2CC)o1. The number of aryl methyl sites for hydroxylation is 2. The summed E-state index contributed by atoms with van der Waals surface area (Å²) >= 11 is 0. The highest BCUT2D eigenvalue weighted by molar-refractivity contribution is 5.59. The molecule has 0 fully saturated rings. The Bertz CT molecular complexity index is 527.